The van der Waals surface area contributed by atoms with Crippen molar-refractivity contribution in [3.05, 3.63) is 41.7 Å². The van der Waals surface area contributed by atoms with E-state index < -0.39 is 0 Å². The summed E-state index contributed by atoms with van der Waals surface area (Å²) >= 11 is 0. The predicted molar refractivity (Wildman–Crippen MR) is 66.4 cm³/mol. The quantitative estimate of drug-likeness (QED) is 0.793. The topological polar surface area (TPSA) is 33.1 Å². The summed E-state index contributed by atoms with van der Waals surface area (Å²) in [4.78, 5) is 4.47. The van der Waals surface area contributed by atoms with Crippen LogP contribution in [0.5, 0.6) is 0 Å². The molecule has 0 saturated heterocycles. The molecule has 0 unspecified atom stereocenters. The standard InChI is InChI=1S/C14H17NO/c1-14(2,3)13-7-12-10(8-15-13)5-4-6-11(12)9-16/h4-8,16H,9H2,1-3H3. The number of aliphatic hydroxyl groups is 1. The highest BCUT2D eigenvalue weighted by molar-refractivity contribution is 5.85. The number of aliphatic hydroxyl groups excluding tert-OH is 1. The number of nitrogens with zero attached hydrogens (tertiary/aromatic N) is 1. The molecule has 0 aliphatic heterocycles. The van der Waals surface area contributed by atoms with E-state index in [0.29, 0.717) is 0 Å². The lowest BCUT2D eigenvalue weighted by molar-refractivity contribution is 0.283. The molecule has 2 nitrogen and oxygen atoms in total. The van der Waals surface area contributed by atoms with Gasteiger partial charge in [-0.1, -0.05) is 39.0 Å². The van der Waals surface area contributed by atoms with Crippen LogP contribution in [0.2, 0.25) is 0 Å². The molecule has 1 N–H and O–H groups in total. The molecule has 0 amide bonds. The van der Waals surface area contributed by atoms with Gasteiger partial charge in [0.1, 0.15) is 0 Å². The predicted octanol–water partition coefficient (Wildman–Crippen LogP) is 3.02. The molecule has 0 saturated carbocycles. The second-order valence-electron chi connectivity index (χ2n) is 5.12. The minimum atomic E-state index is 0.0384. The number of aromatic nitrogens is 1. The van der Waals surface area contributed by atoms with Gasteiger partial charge in [-0.05, 0) is 17.0 Å². The first kappa shape index (κ1) is 11.1. The van der Waals surface area contributed by atoms with Crippen molar-refractivity contribution in [2.75, 3.05) is 0 Å². The van der Waals surface area contributed by atoms with Crippen LogP contribution in [0.1, 0.15) is 32.0 Å². The Balaban J connectivity index is 2.68. The SMILES string of the molecule is CC(C)(C)c1cc2c(CO)cccc2cn1. The van der Waals surface area contributed by atoms with Crippen molar-refractivity contribution < 1.29 is 5.11 Å². The molecule has 0 spiro atoms. The average molecular weight is 215 g/mol. The highest BCUT2D eigenvalue weighted by Crippen LogP contribution is 2.25. The number of fused-ring (bicyclic) bond motifs is 1. The molecule has 84 valence electrons. The zero-order chi connectivity index (χ0) is 11.8. The Bertz CT molecular complexity index is 512. The lowest BCUT2D eigenvalue weighted by Gasteiger charge is -2.18. The fourth-order valence-corrected chi connectivity index (χ4v) is 1.78. The molecule has 2 heteroatoms. The van der Waals surface area contributed by atoms with E-state index in [4.69, 9.17) is 0 Å². The van der Waals surface area contributed by atoms with Crippen molar-refractivity contribution in [2.24, 2.45) is 0 Å². The molecule has 1 heterocycles. The van der Waals surface area contributed by atoms with Crippen molar-refractivity contribution in [3.8, 4) is 0 Å². The van der Waals surface area contributed by atoms with Crippen molar-refractivity contribution in [1.29, 1.82) is 0 Å². The van der Waals surface area contributed by atoms with Crippen LogP contribution in [0.3, 0.4) is 0 Å². The number of benzene rings is 1. The second-order valence-corrected chi connectivity index (χ2v) is 5.12. The highest BCUT2D eigenvalue weighted by atomic mass is 16.3. The van der Waals surface area contributed by atoms with Gasteiger partial charge in [0.2, 0.25) is 0 Å². The van der Waals surface area contributed by atoms with Gasteiger partial charge in [-0.25, -0.2) is 0 Å². The van der Waals surface area contributed by atoms with Gasteiger partial charge in [0.05, 0.1) is 6.61 Å². The van der Waals surface area contributed by atoms with Gasteiger partial charge >= 0.3 is 0 Å². The highest BCUT2D eigenvalue weighted by Gasteiger charge is 2.16. The Labute approximate surface area is 96.0 Å². The van der Waals surface area contributed by atoms with Gasteiger partial charge in [0.15, 0.2) is 0 Å². The molecule has 2 rings (SSSR count). The van der Waals surface area contributed by atoms with Crippen LogP contribution in [0, 0.1) is 0 Å². The summed E-state index contributed by atoms with van der Waals surface area (Å²) in [5.74, 6) is 0. The lowest BCUT2D eigenvalue weighted by atomic mass is 9.90. The van der Waals surface area contributed by atoms with Crippen LogP contribution in [0.4, 0.5) is 0 Å². The van der Waals surface area contributed by atoms with Crippen LogP contribution in [-0.2, 0) is 12.0 Å². The first-order valence-electron chi connectivity index (χ1n) is 5.51. The summed E-state index contributed by atoms with van der Waals surface area (Å²) in [6.07, 6.45) is 1.88. The number of hydrogen-bond acceptors (Lipinski definition) is 2. The van der Waals surface area contributed by atoms with E-state index >= 15 is 0 Å². The summed E-state index contributed by atoms with van der Waals surface area (Å²) < 4.78 is 0. The average Bonchev–Trinajstić information content (AvgIpc) is 2.26. The second kappa shape index (κ2) is 3.87. The maximum absolute atomic E-state index is 9.31. The largest absolute Gasteiger partial charge is 0.392 e. The number of pyridine rings is 1. The fourth-order valence-electron chi connectivity index (χ4n) is 1.78. The molecule has 0 bridgehead atoms. The minimum absolute atomic E-state index is 0.0384. The smallest absolute Gasteiger partial charge is 0.0687 e. The van der Waals surface area contributed by atoms with E-state index in [1.165, 1.54) is 0 Å². The van der Waals surface area contributed by atoms with Crippen molar-refractivity contribution >= 4 is 10.8 Å². The van der Waals surface area contributed by atoms with Crippen LogP contribution >= 0.6 is 0 Å². The van der Waals surface area contributed by atoms with Crippen LogP contribution in [-0.4, -0.2) is 10.1 Å². The van der Waals surface area contributed by atoms with E-state index in [-0.39, 0.29) is 12.0 Å². The maximum atomic E-state index is 9.31. The van der Waals surface area contributed by atoms with Crippen molar-refractivity contribution in [1.82, 2.24) is 4.98 Å². The summed E-state index contributed by atoms with van der Waals surface area (Å²) in [7, 11) is 0. The molecule has 0 aliphatic rings. The van der Waals surface area contributed by atoms with Crippen LogP contribution in [0.15, 0.2) is 30.5 Å². The normalized spacial score (nSPS) is 12.0. The Morgan fingerprint density at radius 2 is 2.00 bits per heavy atom. The van der Waals surface area contributed by atoms with Crippen molar-refractivity contribution in [2.45, 2.75) is 32.8 Å². The lowest BCUT2D eigenvalue weighted by Crippen LogP contribution is -2.13. The summed E-state index contributed by atoms with van der Waals surface area (Å²) in [5.41, 5.74) is 2.06. The first-order chi connectivity index (χ1) is 7.52. The molecule has 1 aromatic heterocycles. The number of rotatable bonds is 1. The van der Waals surface area contributed by atoms with Gasteiger partial charge in [-0.2, -0.15) is 0 Å². The Kier molecular flexibility index (Phi) is 2.68. The molecule has 1 aromatic carbocycles. The molecule has 0 radical (unpaired) electrons. The third-order valence-electron chi connectivity index (χ3n) is 2.79. The molecule has 2 aromatic rings. The van der Waals surface area contributed by atoms with Gasteiger partial charge in [0.25, 0.3) is 0 Å². The zero-order valence-electron chi connectivity index (χ0n) is 9.99. The Hall–Kier alpha value is -1.41. The van der Waals surface area contributed by atoms with Gasteiger partial charge in [0, 0.05) is 22.7 Å². The van der Waals surface area contributed by atoms with Crippen LogP contribution < -0.4 is 0 Å². The summed E-state index contributed by atoms with van der Waals surface area (Å²) in [6.45, 7) is 6.50. The molecule has 0 fully saturated rings. The van der Waals surface area contributed by atoms with E-state index in [1.54, 1.807) is 0 Å². The van der Waals surface area contributed by atoms with Crippen LogP contribution in [0.25, 0.3) is 10.8 Å². The van der Waals surface area contributed by atoms with E-state index in [2.05, 4.69) is 31.8 Å². The molecular weight excluding hydrogens is 198 g/mol. The minimum Gasteiger partial charge on any atom is -0.392 e. The zero-order valence-corrected chi connectivity index (χ0v) is 9.99. The monoisotopic (exact) mass is 215 g/mol. The maximum Gasteiger partial charge on any atom is 0.0687 e. The summed E-state index contributed by atoms with van der Waals surface area (Å²) in [6, 6.07) is 8.01. The molecule has 0 aliphatic carbocycles. The van der Waals surface area contributed by atoms with E-state index in [0.717, 1.165) is 22.0 Å². The number of hydrogen-bond donors (Lipinski definition) is 1. The van der Waals surface area contributed by atoms with E-state index in [1.807, 2.05) is 24.4 Å². The summed E-state index contributed by atoms with van der Waals surface area (Å²) in [5, 5.41) is 11.5. The Morgan fingerprint density at radius 3 is 2.62 bits per heavy atom. The third-order valence-corrected chi connectivity index (χ3v) is 2.79. The van der Waals surface area contributed by atoms with Gasteiger partial charge < -0.3 is 5.11 Å². The Morgan fingerprint density at radius 1 is 1.25 bits per heavy atom. The molecule has 0 atom stereocenters. The molecule has 16 heavy (non-hydrogen) atoms. The van der Waals surface area contributed by atoms with Gasteiger partial charge in [-0.15, -0.1) is 0 Å². The van der Waals surface area contributed by atoms with Crippen molar-refractivity contribution in [3.63, 3.8) is 0 Å². The fraction of sp³-hybridized carbons (Fsp3) is 0.357. The van der Waals surface area contributed by atoms with Gasteiger partial charge in [-0.3, -0.25) is 4.98 Å². The molecular formula is C14H17NO. The van der Waals surface area contributed by atoms with E-state index in [9.17, 15) is 5.11 Å². The third kappa shape index (κ3) is 1.93. The first-order valence-corrected chi connectivity index (χ1v) is 5.51.